The van der Waals surface area contributed by atoms with Crippen molar-refractivity contribution in [1.29, 1.82) is 0 Å². The maximum atomic E-state index is 13.1. The van der Waals surface area contributed by atoms with Gasteiger partial charge in [-0.3, -0.25) is 4.79 Å². The van der Waals surface area contributed by atoms with E-state index in [1.807, 2.05) is 47.4 Å². The van der Waals surface area contributed by atoms with Crippen LogP contribution in [0.2, 0.25) is 0 Å². The number of hydrogen-bond acceptors (Lipinski definition) is 5. The van der Waals surface area contributed by atoms with E-state index in [0.717, 1.165) is 18.4 Å². The van der Waals surface area contributed by atoms with Crippen molar-refractivity contribution in [2.75, 3.05) is 13.1 Å². The number of nitrogens with zero attached hydrogens (tertiary/aromatic N) is 3. The van der Waals surface area contributed by atoms with Crippen molar-refractivity contribution in [3.8, 4) is 11.4 Å². The molecule has 2 fully saturated rings. The molecule has 6 heteroatoms. The van der Waals surface area contributed by atoms with Gasteiger partial charge in [0.1, 0.15) is 0 Å². The number of benzene rings is 2. The van der Waals surface area contributed by atoms with Gasteiger partial charge >= 0.3 is 0 Å². The van der Waals surface area contributed by atoms with Crippen molar-refractivity contribution in [2.45, 2.75) is 30.7 Å². The lowest BCUT2D eigenvalue weighted by molar-refractivity contribution is 0.0789. The van der Waals surface area contributed by atoms with Gasteiger partial charge in [-0.15, -0.1) is 0 Å². The largest absolute Gasteiger partial charge is 0.339 e. The number of rotatable bonds is 4. The Balaban J connectivity index is 1.35. The number of likely N-dealkylation sites (tertiary alicyclic amines) is 1. The van der Waals surface area contributed by atoms with Crippen molar-refractivity contribution in [2.24, 2.45) is 5.73 Å². The first-order chi connectivity index (χ1) is 13.7. The van der Waals surface area contributed by atoms with Gasteiger partial charge in [0.15, 0.2) is 0 Å². The molecule has 0 unspecified atom stereocenters. The Labute approximate surface area is 163 Å². The molecule has 1 saturated heterocycles. The van der Waals surface area contributed by atoms with Gasteiger partial charge in [0, 0.05) is 42.1 Å². The van der Waals surface area contributed by atoms with Gasteiger partial charge in [0.05, 0.1) is 0 Å². The zero-order valence-corrected chi connectivity index (χ0v) is 15.5. The van der Waals surface area contributed by atoms with Crippen LogP contribution in [0.25, 0.3) is 11.4 Å². The SMILES string of the molecule is N[C@@H]1CN(C(=O)c2cccc(-c3noc(C4CC4)n3)c2)C[C@H]1c1ccccc1. The van der Waals surface area contributed by atoms with Crippen LogP contribution in [0.5, 0.6) is 0 Å². The fourth-order valence-corrected chi connectivity index (χ4v) is 3.87. The predicted molar refractivity (Wildman–Crippen MR) is 105 cm³/mol. The Morgan fingerprint density at radius 3 is 2.68 bits per heavy atom. The number of amides is 1. The van der Waals surface area contributed by atoms with Gasteiger partial charge in [-0.2, -0.15) is 4.98 Å². The summed E-state index contributed by atoms with van der Waals surface area (Å²) in [4.78, 5) is 19.4. The fraction of sp³-hybridized carbons (Fsp3) is 0.318. The average molecular weight is 374 g/mol. The van der Waals surface area contributed by atoms with Crippen LogP contribution in [0.15, 0.2) is 59.1 Å². The molecule has 0 bridgehead atoms. The van der Waals surface area contributed by atoms with Crippen molar-refractivity contribution < 1.29 is 9.32 Å². The summed E-state index contributed by atoms with van der Waals surface area (Å²) in [5.41, 5.74) is 8.95. The zero-order chi connectivity index (χ0) is 19.1. The van der Waals surface area contributed by atoms with E-state index in [1.54, 1.807) is 0 Å². The van der Waals surface area contributed by atoms with Gasteiger partial charge in [-0.05, 0) is 30.5 Å². The number of carbonyl (C=O) groups is 1. The molecule has 2 N–H and O–H groups in total. The fourth-order valence-electron chi connectivity index (χ4n) is 3.87. The first kappa shape index (κ1) is 17.1. The molecule has 0 radical (unpaired) electrons. The number of carbonyl (C=O) groups excluding carboxylic acids is 1. The maximum Gasteiger partial charge on any atom is 0.253 e. The van der Waals surface area contributed by atoms with Gasteiger partial charge in [-0.25, -0.2) is 0 Å². The highest BCUT2D eigenvalue weighted by Gasteiger charge is 2.34. The quantitative estimate of drug-likeness (QED) is 0.758. The summed E-state index contributed by atoms with van der Waals surface area (Å²) >= 11 is 0. The van der Waals surface area contributed by atoms with Crippen molar-refractivity contribution in [3.63, 3.8) is 0 Å². The van der Waals surface area contributed by atoms with E-state index in [1.165, 1.54) is 5.56 Å². The summed E-state index contributed by atoms with van der Waals surface area (Å²) < 4.78 is 5.35. The van der Waals surface area contributed by atoms with Crippen LogP contribution in [0, 0.1) is 0 Å². The minimum Gasteiger partial charge on any atom is -0.339 e. The Hall–Kier alpha value is -2.99. The Bertz CT molecular complexity index is 997. The molecule has 0 spiro atoms. The van der Waals surface area contributed by atoms with E-state index in [9.17, 15) is 4.79 Å². The molecule has 2 atom stereocenters. The summed E-state index contributed by atoms with van der Waals surface area (Å²) in [5.74, 6) is 1.79. The maximum absolute atomic E-state index is 13.1. The molecule has 1 aliphatic heterocycles. The molecular formula is C22H22N4O2. The third-order valence-electron chi connectivity index (χ3n) is 5.62. The first-order valence-corrected chi connectivity index (χ1v) is 9.73. The van der Waals surface area contributed by atoms with Crippen LogP contribution in [-0.2, 0) is 0 Å². The van der Waals surface area contributed by atoms with E-state index in [0.29, 0.717) is 36.3 Å². The minimum atomic E-state index is -0.0622. The van der Waals surface area contributed by atoms with Gasteiger partial charge in [0.2, 0.25) is 11.7 Å². The lowest BCUT2D eigenvalue weighted by atomic mass is 9.95. The number of aromatic nitrogens is 2. The highest BCUT2D eigenvalue weighted by atomic mass is 16.5. The zero-order valence-electron chi connectivity index (χ0n) is 15.5. The summed E-state index contributed by atoms with van der Waals surface area (Å²) in [6.07, 6.45) is 2.22. The highest BCUT2D eigenvalue weighted by Crippen LogP contribution is 2.39. The van der Waals surface area contributed by atoms with E-state index in [2.05, 4.69) is 22.3 Å². The van der Waals surface area contributed by atoms with Gasteiger partial charge < -0.3 is 15.2 Å². The summed E-state index contributed by atoms with van der Waals surface area (Å²) in [6, 6.07) is 17.5. The monoisotopic (exact) mass is 374 g/mol. The molecule has 1 aliphatic carbocycles. The molecule has 1 amide bonds. The molecular weight excluding hydrogens is 352 g/mol. The van der Waals surface area contributed by atoms with Crippen LogP contribution in [0.4, 0.5) is 0 Å². The Morgan fingerprint density at radius 1 is 1.07 bits per heavy atom. The number of nitrogens with two attached hydrogens (primary N) is 1. The second-order valence-electron chi connectivity index (χ2n) is 7.70. The molecule has 2 aromatic carbocycles. The molecule has 5 rings (SSSR count). The second-order valence-corrected chi connectivity index (χ2v) is 7.70. The van der Waals surface area contributed by atoms with Crippen molar-refractivity contribution >= 4 is 5.91 Å². The lowest BCUT2D eigenvalue weighted by Gasteiger charge is -2.17. The molecule has 3 aromatic rings. The van der Waals surface area contributed by atoms with Crippen LogP contribution in [-0.4, -0.2) is 40.1 Å². The second kappa shape index (κ2) is 6.87. The molecule has 6 nitrogen and oxygen atoms in total. The Morgan fingerprint density at radius 2 is 1.89 bits per heavy atom. The molecule has 28 heavy (non-hydrogen) atoms. The summed E-state index contributed by atoms with van der Waals surface area (Å²) in [5, 5.41) is 4.08. The van der Waals surface area contributed by atoms with Crippen LogP contribution in [0.1, 0.15) is 46.5 Å². The van der Waals surface area contributed by atoms with Crippen LogP contribution < -0.4 is 5.73 Å². The average Bonchev–Trinajstić information content (AvgIpc) is 3.33. The van der Waals surface area contributed by atoms with Crippen molar-refractivity contribution in [1.82, 2.24) is 15.0 Å². The van der Waals surface area contributed by atoms with E-state index < -0.39 is 0 Å². The van der Waals surface area contributed by atoms with E-state index in [-0.39, 0.29) is 17.9 Å². The van der Waals surface area contributed by atoms with E-state index in [4.69, 9.17) is 10.3 Å². The smallest absolute Gasteiger partial charge is 0.253 e. The normalized spacial score (nSPS) is 21.8. The predicted octanol–water partition coefficient (Wildman–Crippen LogP) is 3.18. The highest BCUT2D eigenvalue weighted by molar-refractivity contribution is 5.95. The first-order valence-electron chi connectivity index (χ1n) is 9.73. The molecule has 2 aliphatic rings. The van der Waals surface area contributed by atoms with Gasteiger partial charge in [-0.1, -0.05) is 47.6 Å². The summed E-state index contributed by atoms with van der Waals surface area (Å²) in [7, 11) is 0. The van der Waals surface area contributed by atoms with Crippen LogP contribution in [0.3, 0.4) is 0 Å². The Kier molecular flexibility index (Phi) is 4.20. The standard InChI is InChI=1S/C22H22N4O2/c23-19-13-26(12-18(19)14-5-2-1-3-6-14)22(27)17-8-4-7-16(11-17)20-24-21(28-25-20)15-9-10-15/h1-8,11,15,18-19H,9-10,12-13,23H2/t18-,19+/m0/s1. The third-order valence-corrected chi connectivity index (χ3v) is 5.62. The lowest BCUT2D eigenvalue weighted by Crippen LogP contribution is -2.32. The molecule has 142 valence electrons. The minimum absolute atomic E-state index is 0.0124. The molecule has 1 saturated carbocycles. The summed E-state index contributed by atoms with van der Waals surface area (Å²) in [6.45, 7) is 1.18. The van der Waals surface area contributed by atoms with E-state index >= 15 is 0 Å². The topological polar surface area (TPSA) is 85.2 Å². The van der Waals surface area contributed by atoms with Crippen LogP contribution >= 0.6 is 0 Å². The molecule has 1 aromatic heterocycles. The van der Waals surface area contributed by atoms with Gasteiger partial charge in [0.25, 0.3) is 5.91 Å². The van der Waals surface area contributed by atoms with Crippen molar-refractivity contribution in [3.05, 3.63) is 71.6 Å². The number of hydrogen-bond donors (Lipinski definition) is 1. The third kappa shape index (κ3) is 3.20. The molecule has 2 heterocycles.